The van der Waals surface area contributed by atoms with E-state index in [1.807, 2.05) is 6.92 Å². The highest BCUT2D eigenvalue weighted by atomic mass is 16.5. The second-order valence-electron chi connectivity index (χ2n) is 4.33. The summed E-state index contributed by atoms with van der Waals surface area (Å²) in [6.07, 6.45) is 4.88. The molecule has 0 aromatic heterocycles. The first-order chi connectivity index (χ1) is 6.13. The van der Waals surface area contributed by atoms with Crippen molar-refractivity contribution in [2.75, 3.05) is 0 Å². The first kappa shape index (κ1) is 11.0. The lowest BCUT2D eigenvalue weighted by atomic mass is 9.95. The van der Waals surface area contributed by atoms with Gasteiger partial charge in [0.25, 0.3) is 0 Å². The Bertz CT molecular complexity index is 147. The Morgan fingerprint density at radius 1 is 1.46 bits per heavy atom. The summed E-state index contributed by atoms with van der Waals surface area (Å²) in [5, 5.41) is 9.60. The monoisotopic (exact) mass is 186 g/mol. The highest BCUT2D eigenvalue weighted by Gasteiger charge is 2.25. The minimum atomic E-state index is -0.153. The highest BCUT2D eigenvalue weighted by Crippen LogP contribution is 2.26. The van der Waals surface area contributed by atoms with Crippen molar-refractivity contribution in [1.29, 1.82) is 0 Å². The third-order valence-electron chi connectivity index (χ3n) is 3.03. The van der Waals surface area contributed by atoms with Crippen molar-refractivity contribution in [1.82, 2.24) is 0 Å². The van der Waals surface area contributed by atoms with Crippen LogP contribution in [0.15, 0.2) is 0 Å². The third-order valence-corrected chi connectivity index (χ3v) is 3.03. The molecule has 1 saturated heterocycles. The Labute approximate surface area is 81.3 Å². The fraction of sp³-hybridized carbons (Fsp3) is 1.00. The van der Waals surface area contributed by atoms with Crippen LogP contribution < -0.4 is 0 Å². The van der Waals surface area contributed by atoms with Crippen molar-refractivity contribution in [2.45, 2.75) is 64.8 Å². The van der Waals surface area contributed by atoms with E-state index in [0.717, 1.165) is 12.8 Å². The maximum atomic E-state index is 9.60. The van der Waals surface area contributed by atoms with Gasteiger partial charge >= 0.3 is 0 Å². The number of ether oxygens (including phenoxy) is 1. The average molecular weight is 186 g/mol. The molecule has 13 heavy (non-hydrogen) atoms. The zero-order valence-electron chi connectivity index (χ0n) is 8.99. The van der Waals surface area contributed by atoms with Crippen LogP contribution in [0.4, 0.5) is 0 Å². The molecule has 0 saturated carbocycles. The van der Waals surface area contributed by atoms with E-state index in [-0.39, 0.29) is 6.10 Å². The predicted octanol–water partition coefficient (Wildman–Crippen LogP) is 2.35. The van der Waals surface area contributed by atoms with Crippen molar-refractivity contribution >= 4 is 0 Å². The van der Waals surface area contributed by atoms with Crippen LogP contribution in [0.1, 0.15) is 46.5 Å². The summed E-state index contributed by atoms with van der Waals surface area (Å²) < 4.78 is 5.72. The molecule has 0 aromatic rings. The van der Waals surface area contributed by atoms with Gasteiger partial charge in [0, 0.05) is 0 Å². The zero-order valence-corrected chi connectivity index (χ0v) is 8.99. The van der Waals surface area contributed by atoms with Crippen molar-refractivity contribution < 1.29 is 9.84 Å². The molecule has 0 spiro atoms. The van der Waals surface area contributed by atoms with Gasteiger partial charge in [0.05, 0.1) is 18.3 Å². The van der Waals surface area contributed by atoms with Crippen molar-refractivity contribution in [3.8, 4) is 0 Å². The quantitative estimate of drug-likeness (QED) is 0.730. The van der Waals surface area contributed by atoms with Gasteiger partial charge in [-0.3, -0.25) is 0 Å². The van der Waals surface area contributed by atoms with Crippen molar-refractivity contribution in [2.24, 2.45) is 5.92 Å². The molecule has 4 unspecified atom stereocenters. The normalized spacial score (nSPS) is 33.2. The van der Waals surface area contributed by atoms with Gasteiger partial charge in [-0.05, 0) is 38.5 Å². The first-order valence-electron chi connectivity index (χ1n) is 5.47. The van der Waals surface area contributed by atoms with Gasteiger partial charge in [0.1, 0.15) is 0 Å². The van der Waals surface area contributed by atoms with Crippen molar-refractivity contribution in [3.05, 3.63) is 0 Å². The van der Waals surface area contributed by atoms with Crippen LogP contribution >= 0.6 is 0 Å². The summed E-state index contributed by atoms with van der Waals surface area (Å²) in [5.41, 5.74) is 0. The smallest absolute Gasteiger partial charge is 0.0583 e. The maximum Gasteiger partial charge on any atom is 0.0583 e. The van der Waals surface area contributed by atoms with E-state index in [9.17, 15) is 5.11 Å². The summed E-state index contributed by atoms with van der Waals surface area (Å²) in [6, 6.07) is 0. The van der Waals surface area contributed by atoms with Crippen LogP contribution in [0.25, 0.3) is 0 Å². The Morgan fingerprint density at radius 3 is 2.62 bits per heavy atom. The fourth-order valence-corrected chi connectivity index (χ4v) is 2.03. The van der Waals surface area contributed by atoms with E-state index in [2.05, 4.69) is 13.8 Å². The average Bonchev–Trinajstić information content (AvgIpc) is 2.49. The molecule has 1 heterocycles. The fourth-order valence-electron chi connectivity index (χ4n) is 2.03. The molecule has 0 aliphatic carbocycles. The van der Waals surface area contributed by atoms with Crippen molar-refractivity contribution in [3.63, 3.8) is 0 Å². The Balaban J connectivity index is 2.24. The Kier molecular flexibility index (Phi) is 4.20. The molecule has 1 aliphatic rings. The largest absolute Gasteiger partial charge is 0.393 e. The molecule has 4 atom stereocenters. The van der Waals surface area contributed by atoms with E-state index in [1.165, 1.54) is 12.8 Å². The second-order valence-corrected chi connectivity index (χ2v) is 4.33. The maximum absolute atomic E-state index is 9.60. The topological polar surface area (TPSA) is 29.5 Å². The summed E-state index contributed by atoms with van der Waals surface area (Å²) >= 11 is 0. The molecule has 0 bridgehead atoms. The minimum Gasteiger partial charge on any atom is -0.393 e. The predicted molar refractivity (Wildman–Crippen MR) is 53.6 cm³/mol. The number of hydrogen-bond donors (Lipinski definition) is 1. The SMILES string of the molecule is CCC(O)C(C)CC1CCC(C)O1. The Hall–Kier alpha value is -0.0800. The lowest BCUT2D eigenvalue weighted by Crippen LogP contribution is -2.22. The first-order valence-corrected chi connectivity index (χ1v) is 5.47. The molecule has 78 valence electrons. The summed E-state index contributed by atoms with van der Waals surface area (Å²) in [6.45, 7) is 6.26. The van der Waals surface area contributed by atoms with Gasteiger partial charge in [-0.15, -0.1) is 0 Å². The number of aliphatic hydroxyl groups is 1. The van der Waals surface area contributed by atoms with E-state index < -0.39 is 0 Å². The van der Waals surface area contributed by atoms with Gasteiger partial charge < -0.3 is 9.84 Å². The number of rotatable bonds is 4. The lowest BCUT2D eigenvalue weighted by molar-refractivity contribution is 0.0195. The van der Waals surface area contributed by atoms with Gasteiger partial charge in [0.2, 0.25) is 0 Å². The van der Waals surface area contributed by atoms with Crippen LogP contribution in [-0.4, -0.2) is 23.4 Å². The number of hydrogen-bond acceptors (Lipinski definition) is 2. The Morgan fingerprint density at radius 2 is 2.15 bits per heavy atom. The van der Waals surface area contributed by atoms with E-state index >= 15 is 0 Å². The zero-order chi connectivity index (χ0) is 9.84. The molecule has 2 heteroatoms. The molecule has 1 N–H and O–H groups in total. The molecule has 0 aromatic carbocycles. The molecule has 1 rings (SSSR count). The highest BCUT2D eigenvalue weighted by molar-refractivity contribution is 4.75. The van der Waals surface area contributed by atoms with E-state index in [0.29, 0.717) is 18.1 Å². The molecule has 1 fully saturated rings. The van der Waals surface area contributed by atoms with Gasteiger partial charge in [0.15, 0.2) is 0 Å². The molecule has 0 radical (unpaired) electrons. The molecular formula is C11H22O2. The minimum absolute atomic E-state index is 0.153. The van der Waals surface area contributed by atoms with Gasteiger partial charge in [-0.1, -0.05) is 13.8 Å². The van der Waals surface area contributed by atoms with Crippen LogP contribution in [0, 0.1) is 5.92 Å². The lowest BCUT2D eigenvalue weighted by Gasteiger charge is -2.20. The molecule has 2 nitrogen and oxygen atoms in total. The number of aliphatic hydroxyl groups excluding tert-OH is 1. The summed E-state index contributed by atoms with van der Waals surface area (Å²) in [5.74, 6) is 0.375. The van der Waals surface area contributed by atoms with Crippen LogP contribution in [0.5, 0.6) is 0 Å². The van der Waals surface area contributed by atoms with E-state index in [1.54, 1.807) is 0 Å². The summed E-state index contributed by atoms with van der Waals surface area (Å²) in [7, 11) is 0. The van der Waals surface area contributed by atoms with Crippen LogP contribution in [0.3, 0.4) is 0 Å². The third kappa shape index (κ3) is 3.28. The van der Waals surface area contributed by atoms with E-state index in [4.69, 9.17) is 4.74 Å². The second kappa shape index (κ2) is 4.97. The van der Waals surface area contributed by atoms with Gasteiger partial charge in [-0.2, -0.15) is 0 Å². The van der Waals surface area contributed by atoms with Crippen LogP contribution in [0.2, 0.25) is 0 Å². The molecule has 0 amide bonds. The molecule has 1 aliphatic heterocycles. The van der Waals surface area contributed by atoms with Crippen LogP contribution in [-0.2, 0) is 4.74 Å². The van der Waals surface area contributed by atoms with Gasteiger partial charge in [-0.25, -0.2) is 0 Å². The summed E-state index contributed by atoms with van der Waals surface area (Å²) in [4.78, 5) is 0. The molecular weight excluding hydrogens is 164 g/mol. The standard InChI is InChI=1S/C11H22O2/c1-4-11(12)8(2)7-10-6-5-9(3)13-10/h8-12H,4-7H2,1-3H3.